The molecule has 0 atom stereocenters. The number of aromatic nitrogens is 1. The van der Waals surface area contributed by atoms with Gasteiger partial charge in [-0.25, -0.2) is 0 Å². The molecule has 0 bridgehead atoms. The largest absolute Gasteiger partial charge is 0.311 e. The second-order valence-electron chi connectivity index (χ2n) is 21.8. The van der Waals surface area contributed by atoms with Crippen molar-refractivity contribution in [3.05, 3.63) is 156 Å². The summed E-state index contributed by atoms with van der Waals surface area (Å²) in [5, 5.41) is 0. The van der Waals surface area contributed by atoms with E-state index in [4.69, 9.17) is 4.98 Å². The Labute approximate surface area is 374 Å². The molecule has 0 unspecified atom stereocenters. The highest BCUT2D eigenvalue weighted by Crippen LogP contribution is 2.56. The standard InChI is InChI=1S/C57H58BN3S/c1-54(2,3)38-19-23-42(24-20-38)60-46-25-21-39(55(4,5)6)31-43(46)58-44-32-41(57(10,11)12)34-51-53(44)61(47-26-22-40(56(7,8)9)33-50(47)62-51)49-30-37(29-48(60)52(49)58)35-16-15-17-36(28-35)45-18-13-14-27-59-45/h13-34H,1-12H3. The van der Waals surface area contributed by atoms with Crippen LogP contribution in [0.15, 0.2) is 143 Å². The maximum atomic E-state index is 4.75. The second-order valence-corrected chi connectivity index (χ2v) is 22.9. The molecule has 3 nitrogen and oxygen atoms in total. The highest BCUT2D eigenvalue weighted by atomic mass is 32.2. The van der Waals surface area contributed by atoms with Crippen molar-refractivity contribution in [2.24, 2.45) is 0 Å². The summed E-state index contributed by atoms with van der Waals surface area (Å²) in [6.07, 6.45) is 1.88. The predicted molar refractivity (Wildman–Crippen MR) is 268 cm³/mol. The van der Waals surface area contributed by atoms with Crippen LogP contribution in [-0.2, 0) is 21.7 Å². The first-order valence-electron chi connectivity index (χ1n) is 22.3. The highest BCUT2D eigenvalue weighted by molar-refractivity contribution is 7.99. The summed E-state index contributed by atoms with van der Waals surface area (Å²) in [6, 6.07) is 49.0. The monoisotopic (exact) mass is 827 g/mol. The van der Waals surface area contributed by atoms with Crippen molar-refractivity contribution < 1.29 is 0 Å². The molecular formula is C57H58BN3S. The van der Waals surface area contributed by atoms with Crippen LogP contribution in [-0.4, -0.2) is 11.7 Å². The maximum absolute atomic E-state index is 4.75. The van der Waals surface area contributed by atoms with E-state index in [1.165, 1.54) is 93.7 Å². The lowest BCUT2D eigenvalue weighted by molar-refractivity contribution is 0.588. The summed E-state index contributed by atoms with van der Waals surface area (Å²) < 4.78 is 0. The normalized spacial score (nSPS) is 14.3. The number of anilines is 6. The van der Waals surface area contributed by atoms with Crippen molar-refractivity contribution in [1.82, 2.24) is 4.98 Å². The Morgan fingerprint density at radius 1 is 0.435 bits per heavy atom. The molecule has 0 amide bonds. The van der Waals surface area contributed by atoms with Crippen molar-refractivity contribution in [3.63, 3.8) is 0 Å². The fourth-order valence-electron chi connectivity index (χ4n) is 9.64. The van der Waals surface area contributed by atoms with E-state index in [1.807, 2.05) is 24.0 Å². The number of hydrogen-bond acceptors (Lipinski definition) is 4. The summed E-state index contributed by atoms with van der Waals surface area (Å²) in [5.74, 6) is 0. The molecule has 62 heavy (non-hydrogen) atoms. The van der Waals surface area contributed by atoms with Gasteiger partial charge in [-0.05, 0) is 138 Å². The third-order valence-electron chi connectivity index (χ3n) is 13.3. The summed E-state index contributed by atoms with van der Waals surface area (Å²) in [6.45, 7) is 28.0. The summed E-state index contributed by atoms with van der Waals surface area (Å²) in [7, 11) is 0. The summed E-state index contributed by atoms with van der Waals surface area (Å²) in [4.78, 5) is 12.6. The maximum Gasteiger partial charge on any atom is 0.252 e. The van der Waals surface area contributed by atoms with Gasteiger partial charge >= 0.3 is 0 Å². The van der Waals surface area contributed by atoms with E-state index < -0.39 is 0 Å². The van der Waals surface area contributed by atoms with E-state index >= 15 is 0 Å². The first kappa shape index (κ1) is 40.6. The van der Waals surface area contributed by atoms with Crippen LogP contribution in [0.5, 0.6) is 0 Å². The average molecular weight is 828 g/mol. The van der Waals surface area contributed by atoms with E-state index in [9.17, 15) is 0 Å². The van der Waals surface area contributed by atoms with Crippen LogP contribution in [0.2, 0.25) is 0 Å². The van der Waals surface area contributed by atoms with Crippen LogP contribution < -0.4 is 26.2 Å². The molecule has 6 aromatic carbocycles. The van der Waals surface area contributed by atoms with Crippen molar-refractivity contribution in [2.75, 3.05) is 9.80 Å². The molecule has 0 aliphatic carbocycles. The second kappa shape index (κ2) is 14.0. The molecule has 310 valence electrons. The molecule has 0 spiro atoms. The van der Waals surface area contributed by atoms with Crippen LogP contribution in [0.25, 0.3) is 22.4 Å². The third-order valence-corrected chi connectivity index (χ3v) is 14.4. The van der Waals surface area contributed by atoms with E-state index in [0.717, 1.165) is 11.3 Å². The van der Waals surface area contributed by atoms with E-state index in [2.05, 4.69) is 214 Å². The Hall–Kier alpha value is -5.52. The van der Waals surface area contributed by atoms with Crippen molar-refractivity contribution in [1.29, 1.82) is 0 Å². The molecule has 0 radical (unpaired) electrons. The molecule has 4 heterocycles. The van der Waals surface area contributed by atoms with Crippen LogP contribution in [0.3, 0.4) is 0 Å². The van der Waals surface area contributed by atoms with E-state index in [0.29, 0.717) is 0 Å². The molecule has 0 saturated carbocycles. The van der Waals surface area contributed by atoms with E-state index in [1.54, 1.807) is 0 Å². The minimum atomic E-state index is -0.0400. The molecule has 1 aromatic heterocycles. The first-order valence-corrected chi connectivity index (χ1v) is 23.1. The lowest BCUT2D eigenvalue weighted by Crippen LogP contribution is -2.62. The first-order chi connectivity index (χ1) is 29.3. The minimum absolute atomic E-state index is 0.0211. The van der Waals surface area contributed by atoms with Gasteiger partial charge < -0.3 is 9.80 Å². The lowest BCUT2D eigenvalue weighted by Gasteiger charge is -2.47. The molecule has 0 N–H and O–H groups in total. The molecule has 0 fully saturated rings. The zero-order valence-electron chi connectivity index (χ0n) is 38.5. The Morgan fingerprint density at radius 2 is 1.02 bits per heavy atom. The Morgan fingerprint density at radius 3 is 1.66 bits per heavy atom. The average Bonchev–Trinajstić information content (AvgIpc) is 3.23. The molecule has 10 rings (SSSR count). The van der Waals surface area contributed by atoms with Gasteiger partial charge in [0, 0.05) is 44.3 Å². The number of pyridine rings is 1. The van der Waals surface area contributed by atoms with E-state index in [-0.39, 0.29) is 28.4 Å². The third kappa shape index (κ3) is 6.70. The number of hydrogen-bond donors (Lipinski definition) is 0. The number of benzene rings is 6. The van der Waals surface area contributed by atoms with Gasteiger partial charge in [0.1, 0.15) is 0 Å². The van der Waals surface area contributed by atoms with Gasteiger partial charge in [-0.3, -0.25) is 4.98 Å². The Kier molecular flexibility index (Phi) is 9.15. The Balaban J connectivity index is 1.33. The topological polar surface area (TPSA) is 19.4 Å². The van der Waals surface area contributed by atoms with Crippen LogP contribution >= 0.6 is 11.8 Å². The van der Waals surface area contributed by atoms with Gasteiger partial charge in [0.05, 0.1) is 17.1 Å². The molecule has 5 heteroatoms. The minimum Gasteiger partial charge on any atom is -0.311 e. The van der Waals surface area contributed by atoms with Crippen LogP contribution in [0.4, 0.5) is 34.1 Å². The van der Waals surface area contributed by atoms with Gasteiger partial charge in [0.2, 0.25) is 0 Å². The fourth-order valence-corrected chi connectivity index (χ4v) is 10.8. The molecule has 7 aromatic rings. The van der Waals surface area contributed by atoms with Gasteiger partial charge in [-0.15, -0.1) is 0 Å². The number of rotatable bonds is 3. The zero-order chi connectivity index (χ0) is 43.7. The predicted octanol–water partition coefficient (Wildman–Crippen LogP) is 14.2. The lowest BCUT2D eigenvalue weighted by atomic mass is 9.33. The van der Waals surface area contributed by atoms with Crippen LogP contribution in [0, 0.1) is 0 Å². The summed E-state index contributed by atoms with van der Waals surface area (Å²) in [5.41, 5.74) is 21.4. The molecule has 0 saturated heterocycles. The number of nitrogens with zero attached hydrogens (tertiary/aromatic N) is 3. The SMILES string of the molecule is CC(C)(C)c1ccc(N2c3ccc(C(C)(C)C)cc3B3c4cc(C(C)(C)C)cc5c4N(c4ccc(C(C)(C)C)cc4S5)c4cc(-c5cccc(-c6ccccn6)c5)cc2c43)cc1. The van der Waals surface area contributed by atoms with Gasteiger partial charge in [0.25, 0.3) is 6.71 Å². The van der Waals surface area contributed by atoms with Gasteiger partial charge in [-0.1, -0.05) is 156 Å². The van der Waals surface area contributed by atoms with Gasteiger partial charge in [0.15, 0.2) is 0 Å². The fraction of sp³-hybridized carbons (Fsp3) is 0.281. The van der Waals surface area contributed by atoms with Crippen molar-refractivity contribution >= 4 is 69.0 Å². The molecule has 3 aliphatic rings. The quantitative estimate of drug-likeness (QED) is 0.165. The molecule has 3 aliphatic heterocycles. The van der Waals surface area contributed by atoms with Crippen molar-refractivity contribution in [3.8, 4) is 22.4 Å². The summed E-state index contributed by atoms with van der Waals surface area (Å²) >= 11 is 1.95. The number of fused-ring (bicyclic) bond motifs is 6. The highest BCUT2D eigenvalue weighted by Gasteiger charge is 2.47. The van der Waals surface area contributed by atoms with Crippen LogP contribution in [0.1, 0.15) is 105 Å². The smallest absolute Gasteiger partial charge is 0.252 e. The van der Waals surface area contributed by atoms with Crippen molar-refractivity contribution in [2.45, 2.75) is 115 Å². The Bertz CT molecular complexity index is 2920. The zero-order valence-corrected chi connectivity index (χ0v) is 39.3. The van der Waals surface area contributed by atoms with Gasteiger partial charge in [-0.2, -0.15) is 0 Å². The molecular weight excluding hydrogens is 770 g/mol.